The number of halogens is 4. The van der Waals surface area contributed by atoms with Gasteiger partial charge in [0.05, 0.1) is 35.3 Å². The molecular weight excluding hydrogens is 733 g/mol. The van der Waals surface area contributed by atoms with Crippen molar-refractivity contribution in [3.05, 3.63) is 128 Å². The Bertz CT molecular complexity index is 2130. The molecule has 0 saturated heterocycles. The Morgan fingerprint density at radius 3 is 2.51 bits per heavy atom. The van der Waals surface area contributed by atoms with E-state index in [0.717, 1.165) is 17.2 Å². The number of ether oxygens (including phenoxy) is 1. The molecule has 2 aromatic heterocycles. The molecule has 2 atom stereocenters. The van der Waals surface area contributed by atoms with E-state index in [2.05, 4.69) is 31.4 Å². The van der Waals surface area contributed by atoms with Crippen molar-refractivity contribution in [3.8, 4) is 22.7 Å². The van der Waals surface area contributed by atoms with E-state index in [1.807, 2.05) is 24.3 Å². The fourth-order valence-electron chi connectivity index (χ4n) is 5.94. The number of aliphatic hydroxyl groups is 1. The Labute approximate surface area is 298 Å². The third-order valence-electron chi connectivity index (χ3n) is 8.43. The summed E-state index contributed by atoms with van der Waals surface area (Å²) in [5.74, 6) is -0.869. The zero-order valence-corrected chi connectivity index (χ0v) is 29.0. The molecule has 3 aromatic carbocycles. The number of carbonyl (C=O) groups is 2. The molecule has 15 heteroatoms. The number of benzene rings is 3. The first-order valence-electron chi connectivity index (χ1n) is 15.9. The van der Waals surface area contributed by atoms with Crippen LogP contribution in [0.4, 0.5) is 13.2 Å². The third kappa shape index (κ3) is 7.44. The molecule has 5 aromatic rings. The van der Waals surface area contributed by atoms with Gasteiger partial charge in [-0.2, -0.15) is 23.4 Å². The summed E-state index contributed by atoms with van der Waals surface area (Å²) in [7, 11) is 0. The van der Waals surface area contributed by atoms with Crippen LogP contribution >= 0.6 is 15.9 Å². The zero-order chi connectivity index (χ0) is 36.4. The van der Waals surface area contributed by atoms with Crippen LogP contribution in [0.1, 0.15) is 51.5 Å². The quantitative estimate of drug-likeness (QED) is 0.200. The highest BCUT2D eigenvalue weighted by molar-refractivity contribution is 9.10. The van der Waals surface area contributed by atoms with E-state index in [4.69, 9.17) is 4.74 Å². The van der Waals surface area contributed by atoms with Gasteiger partial charge in [0.1, 0.15) is 18.1 Å². The molecule has 2 N–H and O–H groups in total. The minimum atomic E-state index is -4.70. The summed E-state index contributed by atoms with van der Waals surface area (Å²) < 4.78 is 49.2. The van der Waals surface area contributed by atoms with Gasteiger partial charge in [-0.3, -0.25) is 18.7 Å². The molecule has 0 fully saturated rings. The van der Waals surface area contributed by atoms with Crippen molar-refractivity contribution in [1.82, 2.24) is 29.5 Å². The summed E-state index contributed by atoms with van der Waals surface area (Å²) in [4.78, 5) is 43.4. The standard InChI is InChI=1S/C36H32BrF3N6O5/c1-21-18-45-31(19-44(21)34(49)23-9-14-29(37)28(16-23)36(38,39)40)32(46(35(45)50)25-10-12-26(13-11-25)51-20-22(2)47)33(48)41-17-24-6-3-4-7-27(24)30-8-5-15-42-43-30/h3-16,21-22,47H,17-20H2,1-2H3,(H,41,48)/t21-,22+/m0/s1. The van der Waals surface area contributed by atoms with Gasteiger partial charge in [0, 0.05) is 40.9 Å². The Hall–Kier alpha value is -5.28. The zero-order valence-electron chi connectivity index (χ0n) is 27.4. The molecule has 1 aliphatic rings. The third-order valence-corrected chi connectivity index (χ3v) is 9.12. The second-order valence-corrected chi connectivity index (χ2v) is 13.0. The van der Waals surface area contributed by atoms with Crippen molar-refractivity contribution in [2.75, 3.05) is 6.61 Å². The van der Waals surface area contributed by atoms with E-state index in [0.29, 0.717) is 17.1 Å². The molecule has 0 unspecified atom stereocenters. The fourth-order valence-corrected chi connectivity index (χ4v) is 6.41. The lowest BCUT2D eigenvalue weighted by molar-refractivity contribution is -0.138. The summed E-state index contributed by atoms with van der Waals surface area (Å²) in [6.45, 7) is 3.13. The van der Waals surface area contributed by atoms with Crippen molar-refractivity contribution in [1.29, 1.82) is 0 Å². The first-order chi connectivity index (χ1) is 24.3. The number of aliphatic hydroxyl groups excluding tert-OH is 1. The predicted molar refractivity (Wildman–Crippen MR) is 184 cm³/mol. The summed E-state index contributed by atoms with van der Waals surface area (Å²) in [6.07, 6.45) is -3.85. The van der Waals surface area contributed by atoms with Gasteiger partial charge in [-0.25, -0.2) is 4.79 Å². The molecule has 3 heterocycles. The van der Waals surface area contributed by atoms with E-state index >= 15 is 0 Å². The average Bonchev–Trinajstić information content (AvgIpc) is 3.40. The Morgan fingerprint density at radius 2 is 1.82 bits per heavy atom. The Balaban J connectivity index is 1.39. The summed E-state index contributed by atoms with van der Waals surface area (Å²) in [5.41, 5.74) is 0.876. The molecule has 51 heavy (non-hydrogen) atoms. The lowest BCUT2D eigenvalue weighted by atomic mass is 10.0. The molecule has 0 spiro atoms. The number of carbonyl (C=O) groups excluding carboxylic acids is 2. The van der Waals surface area contributed by atoms with Crippen LogP contribution in [0, 0.1) is 0 Å². The van der Waals surface area contributed by atoms with Crippen LogP contribution in [-0.2, 0) is 25.8 Å². The minimum absolute atomic E-state index is 0.0130. The maximum Gasteiger partial charge on any atom is 0.417 e. The van der Waals surface area contributed by atoms with Crippen molar-refractivity contribution in [2.45, 2.75) is 51.8 Å². The fraction of sp³-hybridized carbons (Fsp3) is 0.250. The molecule has 0 saturated carbocycles. The molecular formula is C36H32BrF3N6O5. The van der Waals surface area contributed by atoms with Crippen molar-refractivity contribution < 1.29 is 32.6 Å². The van der Waals surface area contributed by atoms with Gasteiger partial charge >= 0.3 is 11.9 Å². The number of alkyl halides is 3. The largest absolute Gasteiger partial charge is 0.491 e. The first-order valence-corrected chi connectivity index (χ1v) is 16.7. The Kier molecular flexibility index (Phi) is 10.1. The number of hydrogen-bond donors (Lipinski definition) is 2. The molecule has 2 amide bonds. The molecule has 0 bridgehead atoms. The van der Waals surface area contributed by atoms with Gasteiger partial charge < -0.3 is 20.1 Å². The predicted octanol–water partition coefficient (Wildman–Crippen LogP) is 5.61. The minimum Gasteiger partial charge on any atom is -0.491 e. The summed E-state index contributed by atoms with van der Waals surface area (Å²) in [5, 5.41) is 20.6. The lowest BCUT2D eigenvalue weighted by Gasteiger charge is -2.34. The Morgan fingerprint density at radius 1 is 1.08 bits per heavy atom. The van der Waals surface area contributed by atoms with Crippen molar-refractivity contribution in [3.63, 3.8) is 0 Å². The van der Waals surface area contributed by atoms with Crippen molar-refractivity contribution >= 4 is 27.7 Å². The van der Waals surface area contributed by atoms with Crippen LogP contribution in [0.5, 0.6) is 5.75 Å². The molecule has 264 valence electrons. The van der Waals surface area contributed by atoms with Gasteiger partial charge in [0.2, 0.25) is 0 Å². The van der Waals surface area contributed by atoms with Crippen LogP contribution < -0.4 is 15.7 Å². The van der Waals surface area contributed by atoms with Crippen LogP contribution in [0.25, 0.3) is 16.9 Å². The number of amides is 2. The van der Waals surface area contributed by atoms with E-state index in [-0.39, 0.29) is 47.7 Å². The van der Waals surface area contributed by atoms with E-state index < -0.39 is 41.4 Å². The highest BCUT2D eigenvalue weighted by Crippen LogP contribution is 2.36. The summed E-state index contributed by atoms with van der Waals surface area (Å²) in [6, 6.07) is 19.9. The number of aromatic nitrogens is 4. The smallest absolute Gasteiger partial charge is 0.417 e. The van der Waals surface area contributed by atoms with Crippen molar-refractivity contribution in [2.24, 2.45) is 0 Å². The van der Waals surface area contributed by atoms with Crippen LogP contribution in [0.2, 0.25) is 0 Å². The number of rotatable bonds is 9. The second kappa shape index (κ2) is 14.5. The van der Waals surface area contributed by atoms with E-state index in [1.54, 1.807) is 56.4 Å². The van der Waals surface area contributed by atoms with Gasteiger partial charge in [-0.1, -0.05) is 40.2 Å². The number of imidazole rings is 1. The molecule has 0 aliphatic carbocycles. The van der Waals surface area contributed by atoms with E-state index in [1.165, 1.54) is 26.2 Å². The van der Waals surface area contributed by atoms with E-state index in [9.17, 15) is 32.7 Å². The molecule has 6 rings (SSSR count). The summed E-state index contributed by atoms with van der Waals surface area (Å²) >= 11 is 2.92. The van der Waals surface area contributed by atoms with Crippen LogP contribution in [0.3, 0.4) is 0 Å². The molecule has 11 nitrogen and oxygen atoms in total. The topological polar surface area (TPSA) is 132 Å². The highest BCUT2D eigenvalue weighted by atomic mass is 79.9. The first kappa shape index (κ1) is 35.5. The number of nitrogens with one attached hydrogen (secondary N) is 1. The van der Waals surface area contributed by atoms with Gasteiger partial charge in [-0.05, 0) is 74.0 Å². The second-order valence-electron chi connectivity index (χ2n) is 12.1. The SMILES string of the molecule is C[C@@H](O)COc1ccc(-n2c(C(=O)NCc3ccccc3-c3cccnn3)c3n(c2=O)C[C@H](C)N(C(=O)c2ccc(Br)c(C(F)(F)F)c2)C3)cc1. The lowest BCUT2D eigenvalue weighted by Crippen LogP contribution is -2.47. The number of fused-ring (bicyclic) bond motifs is 1. The highest BCUT2D eigenvalue weighted by Gasteiger charge is 2.37. The molecule has 1 aliphatic heterocycles. The normalized spacial score (nSPS) is 14.9. The maximum atomic E-state index is 14.2. The number of nitrogens with zero attached hydrogens (tertiary/aromatic N) is 5. The van der Waals surface area contributed by atoms with Gasteiger partial charge in [0.25, 0.3) is 11.8 Å². The van der Waals surface area contributed by atoms with Gasteiger partial charge in [0.15, 0.2) is 0 Å². The number of hydrogen-bond acceptors (Lipinski definition) is 7. The van der Waals surface area contributed by atoms with Crippen LogP contribution in [0.15, 0.2) is 94.3 Å². The monoisotopic (exact) mass is 764 g/mol. The van der Waals surface area contributed by atoms with Crippen LogP contribution in [-0.4, -0.2) is 59.9 Å². The average molecular weight is 766 g/mol. The molecule has 0 radical (unpaired) electrons. The maximum absolute atomic E-state index is 14.2. The van der Waals surface area contributed by atoms with Gasteiger partial charge in [-0.15, -0.1) is 0 Å².